The molecule has 0 bridgehead atoms. The molecule has 0 radical (unpaired) electrons. The Hall–Kier alpha value is -2.38. The molecule has 0 saturated heterocycles. The van der Waals surface area contributed by atoms with Crippen molar-refractivity contribution in [1.29, 1.82) is 0 Å². The van der Waals surface area contributed by atoms with Crippen molar-refractivity contribution in [1.82, 2.24) is 9.62 Å². The van der Waals surface area contributed by atoms with E-state index in [0.29, 0.717) is 12.3 Å². The Morgan fingerprint density at radius 3 is 2.37 bits per heavy atom. The van der Waals surface area contributed by atoms with E-state index in [1.807, 2.05) is 44.2 Å². The van der Waals surface area contributed by atoms with Gasteiger partial charge in [-0.25, -0.2) is 8.42 Å². The minimum atomic E-state index is -3.76. The summed E-state index contributed by atoms with van der Waals surface area (Å²) < 4.78 is 32.8. The fourth-order valence-corrected chi connectivity index (χ4v) is 4.13. The summed E-state index contributed by atoms with van der Waals surface area (Å²) in [6, 6.07) is 13.7. The van der Waals surface area contributed by atoms with Crippen molar-refractivity contribution in [2.45, 2.75) is 38.3 Å². The van der Waals surface area contributed by atoms with Crippen molar-refractivity contribution in [3.63, 3.8) is 0 Å². The van der Waals surface area contributed by atoms with Gasteiger partial charge in [0.25, 0.3) is 5.91 Å². The molecule has 2 aromatic carbocycles. The maximum Gasteiger partial charge on any atom is 0.255 e. The summed E-state index contributed by atoms with van der Waals surface area (Å²) in [6.07, 6.45) is 0. The van der Waals surface area contributed by atoms with Crippen LogP contribution in [0.5, 0.6) is 5.75 Å². The van der Waals surface area contributed by atoms with E-state index >= 15 is 0 Å². The van der Waals surface area contributed by atoms with Crippen molar-refractivity contribution in [3.05, 3.63) is 59.7 Å². The lowest BCUT2D eigenvalue weighted by Crippen LogP contribution is -2.32. The zero-order valence-corrected chi connectivity index (χ0v) is 16.9. The van der Waals surface area contributed by atoms with Gasteiger partial charge >= 0.3 is 0 Å². The zero-order chi connectivity index (χ0) is 20.0. The Morgan fingerprint density at radius 1 is 1.15 bits per heavy atom. The van der Waals surface area contributed by atoms with E-state index in [1.54, 1.807) is 6.92 Å². The largest absolute Gasteiger partial charge is 0.496 e. The highest BCUT2D eigenvalue weighted by molar-refractivity contribution is 7.89. The lowest BCUT2D eigenvalue weighted by atomic mass is 10.2. The van der Waals surface area contributed by atoms with Crippen LogP contribution >= 0.6 is 0 Å². The molecule has 6 nitrogen and oxygen atoms in total. The van der Waals surface area contributed by atoms with Crippen molar-refractivity contribution < 1.29 is 17.9 Å². The van der Waals surface area contributed by atoms with E-state index in [1.165, 1.54) is 29.6 Å². The van der Waals surface area contributed by atoms with Gasteiger partial charge in [0.2, 0.25) is 10.0 Å². The minimum absolute atomic E-state index is 0.0648. The van der Waals surface area contributed by atoms with Gasteiger partial charge in [0.15, 0.2) is 0 Å². The highest BCUT2D eigenvalue weighted by atomic mass is 32.2. The lowest BCUT2D eigenvalue weighted by Gasteiger charge is -2.21. The average molecular weight is 391 g/mol. The maximum atomic E-state index is 13.1. The Kier molecular flexibility index (Phi) is 6.98. The van der Waals surface area contributed by atoms with E-state index in [4.69, 9.17) is 4.74 Å². The molecule has 1 amide bonds. The SMILES string of the molecule is CCN(Cc1ccccc1)S(=O)(=O)c1ccc(OC)c(C(=O)NC(C)C)c1. The first-order valence-corrected chi connectivity index (χ1v) is 10.3. The summed E-state index contributed by atoms with van der Waals surface area (Å²) in [4.78, 5) is 12.5. The van der Waals surface area contributed by atoms with Gasteiger partial charge in [-0.15, -0.1) is 0 Å². The molecule has 27 heavy (non-hydrogen) atoms. The van der Waals surface area contributed by atoms with E-state index < -0.39 is 10.0 Å². The number of hydrogen-bond donors (Lipinski definition) is 1. The number of carbonyl (C=O) groups excluding carboxylic acids is 1. The number of ether oxygens (including phenoxy) is 1. The second-order valence-electron chi connectivity index (χ2n) is 6.41. The third-order valence-corrected chi connectivity index (χ3v) is 5.94. The molecule has 0 aliphatic carbocycles. The molecule has 0 atom stereocenters. The van der Waals surface area contributed by atoms with Crippen LogP contribution in [-0.4, -0.2) is 38.3 Å². The highest BCUT2D eigenvalue weighted by Gasteiger charge is 2.26. The number of benzene rings is 2. The van der Waals surface area contributed by atoms with Crippen molar-refractivity contribution in [3.8, 4) is 5.75 Å². The third kappa shape index (κ3) is 5.08. The molecular weight excluding hydrogens is 364 g/mol. The number of methoxy groups -OCH3 is 1. The van der Waals surface area contributed by atoms with Crippen molar-refractivity contribution in [2.24, 2.45) is 0 Å². The number of carbonyl (C=O) groups is 1. The first kappa shape index (κ1) is 20.9. The van der Waals surface area contributed by atoms with Gasteiger partial charge in [-0.2, -0.15) is 4.31 Å². The van der Waals surface area contributed by atoms with Gasteiger partial charge in [0.1, 0.15) is 5.75 Å². The topological polar surface area (TPSA) is 75.7 Å². The monoisotopic (exact) mass is 390 g/mol. The average Bonchev–Trinajstić information content (AvgIpc) is 2.65. The molecule has 7 heteroatoms. The maximum absolute atomic E-state index is 13.1. The summed E-state index contributed by atoms with van der Waals surface area (Å²) in [5.74, 6) is -0.0387. The van der Waals surface area contributed by atoms with Gasteiger partial charge < -0.3 is 10.1 Å². The molecule has 0 aromatic heterocycles. The molecule has 0 spiro atoms. The third-order valence-electron chi connectivity index (χ3n) is 4.03. The van der Waals surface area contributed by atoms with Gasteiger partial charge in [-0.3, -0.25) is 4.79 Å². The van der Waals surface area contributed by atoms with Crippen LogP contribution in [0.3, 0.4) is 0 Å². The first-order valence-electron chi connectivity index (χ1n) is 8.82. The Balaban J connectivity index is 2.40. The van der Waals surface area contributed by atoms with Crippen LogP contribution in [-0.2, 0) is 16.6 Å². The van der Waals surface area contributed by atoms with E-state index in [-0.39, 0.29) is 29.0 Å². The van der Waals surface area contributed by atoms with E-state index in [0.717, 1.165) is 5.56 Å². The molecule has 0 saturated carbocycles. The van der Waals surface area contributed by atoms with E-state index in [2.05, 4.69) is 5.32 Å². The second-order valence-corrected chi connectivity index (χ2v) is 8.34. The van der Waals surface area contributed by atoms with Crippen LogP contribution in [0.1, 0.15) is 36.7 Å². The summed E-state index contributed by atoms with van der Waals surface area (Å²) in [7, 11) is -2.31. The second kappa shape index (κ2) is 9.01. The standard InChI is InChI=1S/C20H26N2O4S/c1-5-22(14-16-9-7-6-8-10-16)27(24,25)17-11-12-19(26-4)18(13-17)20(23)21-15(2)3/h6-13,15H,5,14H2,1-4H3,(H,21,23). The van der Waals surface area contributed by atoms with Gasteiger partial charge in [0.05, 0.1) is 17.6 Å². The summed E-state index contributed by atoms with van der Waals surface area (Å²) in [5.41, 5.74) is 1.09. The quantitative estimate of drug-likeness (QED) is 0.752. The molecule has 0 fully saturated rings. The smallest absolute Gasteiger partial charge is 0.255 e. The van der Waals surface area contributed by atoms with Crippen molar-refractivity contribution >= 4 is 15.9 Å². The van der Waals surface area contributed by atoms with Crippen LogP contribution in [0.2, 0.25) is 0 Å². The molecule has 0 unspecified atom stereocenters. The predicted molar refractivity (Wildman–Crippen MR) is 105 cm³/mol. The van der Waals surface area contributed by atoms with Crippen LogP contribution in [0.15, 0.2) is 53.4 Å². The van der Waals surface area contributed by atoms with Crippen LogP contribution in [0.25, 0.3) is 0 Å². The summed E-state index contributed by atoms with van der Waals surface area (Å²) in [6.45, 7) is 6.04. The summed E-state index contributed by atoms with van der Waals surface area (Å²) in [5, 5.41) is 2.77. The molecule has 2 rings (SSSR count). The number of nitrogens with one attached hydrogen (secondary N) is 1. The number of sulfonamides is 1. The molecular formula is C20H26N2O4S. The highest BCUT2D eigenvalue weighted by Crippen LogP contribution is 2.25. The van der Waals surface area contributed by atoms with Crippen LogP contribution in [0.4, 0.5) is 0 Å². The van der Waals surface area contributed by atoms with Gasteiger partial charge in [-0.05, 0) is 37.6 Å². The number of amides is 1. The van der Waals surface area contributed by atoms with Crippen LogP contribution in [0, 0.1) is 0 Å². The van der Waals surface area contributed by atoms with Crippen LogP contribution < -0.4 is 10.1 Å². The Bertz CT molecular complexity index is 880. The predicted octanol–water partition coefficient (Wildman–Crippen LogP) is 3.04. The van der Waals surface area contributed by atoms with Gasteiger partial charge in [0, 0.05) is 19.1 Å². The Labute approximate surface area is 161 Å². The summed E-state index contributed by atoms with van der Waals surface area (Å²) >= 11 is 0. The number of nitrogens with zero attached hydrogens (tertiary/aromatic N) is 1. The molecule has 0 heterocycles. The van der Waals surface area contributed by atoms with E-state index in [9.17, 15) is 13.2 Å². The fourth-order valence-electron chi connectivity index (χ4n) is 2.67. The number of rotatable bonds is 8. The molecule has 2 aromatic rings. The molecule has 146 valence electrons. The lowest BCUT2D eigenvalue weighted by molar-refractivity contribution is 0.0940. The normalized spacial score (nSPS) is 11.6. The number of hydrogen-bond acceptors (Lipinski definition) is 4. The molecule has 0 aliphatic rings. The fraction of sp³-hybridized carbons (Fsp3) is 0.350. The Morgan fingerprint density at radius 2 is 1.81 bits per heavy atom. The van der Waals surface area contributed by atoms with Crippen molar-refractivity contribution in [2.75, 3.05) is 13.7 Å². The zero-order valence-electron chi connectivity index (χ0n) is 16.1. The van der Waals surface area contributed by atoms with Gasteiger partial charge in [-0.1, -0.05) is 37.3 Å². The minimum Gasteiger partial charge on any atom is -0.496 e. The molecule has 0 aliphatic heterocycles. The first-order chi connectivity index (χ1) is 12.8. The molecule has 1 N–H and O–H groups in total.